The van der Waals surface area contributed by atoms with Gasteiger partial charge in [0, 0.05) is 30.7 Å². The first-order valence-corrected chi connectivity index (χ1v) is 9.23. The lowest BCUT2D eigenvalue weighted by molar-refractivity contribution is -0.128. The maximum atomic E-state index is 12.8. The molecule has 0 aromatic heterocycles. The van der Waals surface area contributed by atoms with Gasteiger partial charge in [0.05, 0.1) is 5.92 Å². The summed E-state index contributed by atoms with van der Waals surface area (Å²) < 4.78 is 5.57. The number of hydrogen-bond donors (Lipinski definition) is 2. The Morgan fingerprint density at radius 1 is 1.20 bits per heavy atom. The topological polar surface area (TPSA) is 64.4 Å². The highest BCUT2D eigenvalue weighted by molar-refractivity contribution is 5.85. The standard InChI is InChI=1S/C20H30N2O2.ClH/c1-19(21)10-6-5-9-17(19)18(23)22-15-20(11-13-24-14-12-20)16-7-3-2-4-8-16;/h2-4,7-8,17H,5-6,9-15,21H2,1H3,(H,22,23);1H. The Balaban J connectivity index is 0.00000225. The second kappa shape index (κ2) is 8.52. The van der Waals surface area contributed by atoms with E-state index in [0.29, 0.717) is 6.54 Å². The second-order valence-electron chi connectivity index (χ2n) is 7.78. The SMILES string of the molecule is CC1(N)CCCCC1C(=O)NCC1(c2ccccc2)CCOCC1.Cl. The highest BCUT2D eigenvalue weighted by Crippen LogP contribution is 2.35. The van der Waals surface area contributed by atoms with E-state index in [1.165, 1.54) is 5.56 Å². The number of rotatable bonds is 4. The van der Waals surface area contributed by atoms with Crippen molar-refractivity contribution in [2.24, 2.45) is 11.7 Å². The van der Waals surface area contributed by atoms with Crippen LogP contribution in [0.15, 0.2) is 30.3 Å². The Kier molecular flexibility index (Phi) is 6.89. The van der Waals surface area contributed by atoms with Crippen molar-refractivity contribution in [1.29, 1.82) is 0 Å². The fourth-order valence-electron chi connectivity index (χ4n) is 4.29. The Morgan fingerprint density at radius 3 is 2.52 bits per heavy atom. The minimum absolute atomic E-state index is 0. The van der Waals surface area contributed by atoms with E-state index in [1.54, 1.807) is 0 Å². The van der Waals surface area contributed by atoms with Gasteiger partial charge in [-0.1, -0.05) is 43.2 Å². The number of nitrogens with one attached hydrogen (secondary N) is 1. The van der Waals surface area contributed by atoms with Gasteiger partial charge in [-0.25, -0.2) is 0 Å². The number of carbonyl (C=O) groups excluding carboxylic acids is 1. The van der Waals surface area contributed by atoms with Crippen LogP contribution in [0, 0.1) is 5.92 Å². The van der Waals surface area contributed by atoms with Gasteiger partial charge in [0.2, 0.25) is 5.91 Å². The van der Waals surface area contributed by atoms with Crippen molar-refractivity contribution < 1.29 is 9.53 Å². The van der Waals surface area contributed by atoms with E-state index < -0.39 is 0 Å². The Bertz CT molecular complexity index is 556. The van der Waals surface area contributed by atoms with Gasteiger partial charge in [0.1, 0.15) is 0 Å². The van der Waals surface area contributed by atoms with Gasteiger partial charge in [-0.05, 0) is 38.2 Å². The lowest BCUT2D eigenvalue weighted by atomic mass is 9.72. The molecule has 140 valence electrons. The molecule has 2 atom stereocenters. The zero-order chi connectivity index (χ0) is 17.0. The quantitative estimate of drug-likeness (QED) is 0.860. The van der Waals surface area contributed by atoms with Gasteiger partial charge in [-0.15, -0.1) is 12.4 Å². The molecular formula is C20H31ClN2O2. The van der Waals surface area contributed by atoms with Crippen molar-refractivity contribution in [3.63, 3.8) is 0 Å². The van der Waals surface area contributed by atoms with Crippen molar-refractivity contribution in [1.82, 2.24) is 5.32 Å². The maximum Gasteiger partial charge on any atom is 0.224 e. The number of nitrogens with two attached hydrogens (primary N) is 1. The van der Waals surface area contributed by atoms with E-state index in [4.69, 9.17) is 10.5 Å². The minimum Gasteiger partial charge on any atom is -0.381 e. The lowest BCUT2D eigenvalue weighted by Crippen LogP contribution is -2.54. The first kappa shape index (κ1) is 20.2. The Labute approximate surface area is 157 Å². The van der Waals surface area contributed by atoms with Crippen LogP contribution in [0.1, 0.15) is 51.0 Å². The van der Waals surface area contributed by atoms with Crippen LogP contribution in [-0.2, 0) is 14.9 Å². The number of carbonyl (C=O) groups is 1. The third-order valence-electron chi connectivity index (χ3n) is 6.01. The van der Waals surface area contributed by atoms with Crippen LogP contribution in [0.3, 0.4) is 0 Å². The van der Waals surface area contributed by atoms with E-state index in [1.807, 2.05) is 13.0 Å². The van der Waals surface area contributed by atoms with E-state index >= 15 is 0 Å². The van der Waals surface area contributed by atoms with Gasteiger partial charge < -0.3 is 15.8 Å². The van der Waals surface area contributed by atoms with Crippen LogP contribution in [0.25, 0.3) is 0 Å². The molecule has 1 amide bonds. The largest absolute Gasteiger partial charge is 0.381 e. The summed E-state index contributed by atoms with van der Waals surface area (Å²) in [5.41, 5.74) is 7.30. The molecule has 2 unspecified atom stereocenters. The number of ether oxygens (including phenoxy) is 1. The van der Waals surface area contributed by atoms with Crippen molar-refractivity contribution in [2.45, 2.75) is 56.4 Å². The molecule has 1 saturated carbocycles. The summed E-state index contributed by atoms with van der Waals surface area (Å²) in [6.07, 6.45) is 5.96. The van der Waals surface area contributed by atoms with Crippen LogP contribution < -0.4 is 11.1 Å². The van der Waals surface area contributed by atoms with Crippen LogP contribution >= 0.6 is 12.4 Å². The van der Waals surface area contributed by atoms with Gasteiger partial charge in [-0.2, -0.15) is 0 Å². The Hall–Kier alpha value is -1.10. The first-order valence-electron chi connectivity index (χ1n) is 9.23. The van der Waals surface area contributed by atoms with Gasteiger partial charge >= 0.3 is 0 Å². The highest BCUT2D eigenvalue weighted by Gasteiger charge is 2.40. The van der Waals surface area contributed by atoms with Crippen LogP contribution in [-0.4, -0.2) is 31.2 Å². The van der Waals surface area contributed by atoms with Crippen molar-refractivity contribution in [3.05, 3.63) is 35.9 Å². The molecule has 4 nitrogen and oxygen atoms in total. The number of hydrogen-bond acceptors (Lipinski definition) is 3. The van der Waals surface area contributed by atoms with Crippen molar-refractivity contribution >= 4 is 18.3 Å². The third-order valence-corrected chi connectivity index (χ3v) is 6.01. The average Bonchev–Trinajstić information content (AvgIpc) is 2.61. The predicted octanol–water partition coefficient (Wildman–Crippen LogP) is 3.18. The molecule has 5 heteroatoms. The highest BCUT2D eigenvalue weighted by atomic mass is 35.5. The summed E-state index contributed by atoms with van der Waals surface area (Å²) in [4.78, 5) is 12.8. The molecule has 3 N–H and O–H groups in total. The average molecular weight is 367 g/mol. The summed E-state index contributed by atoms with van der Waals surface area (Å²) in [5.74, 6) is 0.0559. The van der Waals surface area contributed by atoms with Gasteiger partial charge in [-0.3, -0.25) is 4.79 Å². The zero-order valence-corrected chi connectivity index (χ0v) is 15.9. The zero-order valence-electron chi connectivity index (χ0n) is 15.1. The molecule has 2 aliphatic rings. The summed E-state index contributed by atoms with van der Waals surface area (Å²) in [5, 5.41) is 3.24. The molecule has 3 rings (SSSR count). The van der Waals surface area contributed by atoms with E-state index in [9.17, 15) is 4.79 Å². The normalized spacial score (nSPS) is 28.6. The molecule has 1 saturated heterocycles. The number of amides is 1. The summed E-state index contributed by atoms with van der Waals surface area (Å²) >= 11 is 0. The van der Waals surface area contributed by atoms with Crippen LogP contribution in [0.5, 0.6) is 0 Å². The molecule has 0 spiro atoms. The summed E-state index contributed by atoms with van der Waals surface area (Å²) in [6, 6.07) is 10.5. The van der Waals surface area contributed by atoms with Crippen LogP contribution in [0.2, 0.25) is 0 Å². The molecular weight excluding hydrogens is 336 g/mol. The van der Waals surface area contributed by atoms with Crippen molar-refractivity contribution in [2.75, 3.05) is 19.8 Å². The molecule has 25 heavy (non-hydrogen) atoms. The number of halogens is 1. The lowest BCUT2D eigenvalue weighted by Gasteiger charge is -2.40. The first-order chi connectivity index (χ1) is 11.5. The smallest absolute Gasteiger partial charge is 0.224 e. The van der Waals surface area contributed by atoms with Gasteiger partial charge in [0.25, 0.3) is 0 Å². The summed E-state index contributed by atoms with van der Waals surface area (Å²) in [6.45, 7) is 4.20. The summed E-state index contributed by atoms with van der Waals surface area (Å²) in [7, 11) is 0. The molecule has 1 aromatic rings. The van der Waals surface area contributed by atoms with Crippen LogP contribution in [0.4, 0.5) is 0 Å². The van der Waals surface area contributed by atoms with Gasteiger partial charge in [0.15, 0.2) is 0 Å². The fourth-order valence-corrected chi connectivity index (χ4v) is 4.29. The molecule has 1 aliphatic carbocycles. The third kappa shape index (κ3) is 4.55. The minimum atomic E-state index is -0.377. The number of benzene rings is 1. The molecule has 2 fully saturated rings. The Morgan fingerprint density at radius 2 is 1.88 bits per heavy atom. The maximum absolute atomic E-state index is 12.8. The molecule has 0 bridgehead atoms. The predicted molar refractivity (Wildman–Crippen MR) is 103 cm³/mol. The molecule has 1 aromatic carbocycles. The molecule has 1 aliphatic heterocycles. The second-order valence-corrected chi connectivity index (χ2v) is 7.78. The van der Waals surface area contributed by atoms with E-state index in [0.717, 1.165) is 51.7 Å². The molecule has 0 radical (unpaired) electrons. The van der Waals surface area contributed by atoms with Crippen molar-refractivity contribution in [3.8, 4) is 0 Å². The molecule has 1 heterocycles. The van der Waals surface area contributed by atoms with E-state index in [-0.39, 0.29) is 35.2 Å². The monoisotopic (exact) mass is 366 g/mol. The fraction of sp³-hybridized carbons (Fsp3) is 0.650. The van der Waals surface area contributed by atoms with E-state index in [2.05, 4.69) is 29.6 Å².